The van der Waals surface area contributed by atoms with E-state index >= 15 is 0 Å². The SMILES string of the molecule is CC(Nc1ccc2c(c1)CCC2)C(=O)NC(=O)NC1CCCCC1. The highest BCUT2D eigenvalue weighted by molar-refractivity contribution is 5.98. The molecule has 0 heterocycles. The summed E-state index contributed by atoms with van der Waals surface area (Å²) in [6, 6.07) is 5.62. The van der Waals surface area contributed by atoms with Crippen molar-refractivity contribution >= 4 is 17.6 Å². The van der Waals surface area contributed by atoms with E-state index in [2.05, 4.69) is 28.1 Å². The zero-order chi connectivity index (χ0) is 16.9. The van der Waals surface area contributed by atoms with Gasteiger partial charge in [-0.1, -0.05) is 25.3 Å². The van der Waals surface area contributed by atoms with Crippen molar-refractivity contribution in [2.45, 2.75) is 70.4 Å². The molecule has 1 atom stereocenters. The van der Waals surface area contributed by atoms with Crippen LogP contribution in [0.3, 0.4) is 0 Å². The summed E-state index contributed by atoms with van der Waals surface area (Å²) in [4.78, 5) is 24.2. The molecule has 2 aliphatic rings. The van der Waals surface area contributed by atoms with Crippen molar-refractivity contribution in [3.8, 4) is 0 Å². The normalized spacial score (nSPS) is 18.5. The smallest absolute Gasteiger partial charge is 0.321 e. The van der Waals surface area contributed by atoms with Gasteiger partial charge in [-0.3, -0.25) is 10.1 Å². The number of urea groups is 1. The van der Waals surface area contributed by atoms with Crippen molar-refractivity contribution in [3.05, 3.63) is 29.3 Å². The molecule has 3 amide bonds. The molecule has 0 aliphatic heterocycles. The molecule has 0 spiro atoms. The Morgan fingerprint density at radius 1 is 1.04 bits per heavy atom. The minimum absolute atomic E-state index is 0.200. The summed E-state index contributed by atoms with van der Waals surface area (Å²) in [5.41, 5.74) is 3.71. The summed E-state index contributed by atoms with van der Waals surface area (Å²) in [7, 11) is 0. The van der Waals surface area contributed by atoms with Crippen molar-refractivity contribution in [2.24, 2.45) is 0 Å². The Morgan fingerprint density at radius 2 is 1.79 bits per heavy atom. The number of rotatable bonds is 4. The Morgan fingerprint density at radius 3 is 2.58 bits per heavy atom. The summed E-state index contributed by atoms with van der Waals surface area (Å²) in [5.74, 6) is -0.302. The first-order valence-electron chi connectivity index (χ1n) is 9.11. The number of benzene rings is 1. The third-order valence-electron chi connectivity index (χ3n) is 5.05. The average molecular weight is 329 g/mol. The summed E-state index contributed by atoms with van der Waals surface area (Å²) >= 11 is 0. The highest BCUT2D eigenvalue weighted by Crippen LogP contribution is 2.25. The van der Waals surface area contributed by atoms with E-state index in [0.717, 1.165) is 44.2 Å². The molecule has 0 radical (unpaired) electrons. The number of aryl methyl sites for hydroxylation is 2. The molecule has 1 saturated carbocycles. The van der Waals surface area contributed by atoms with Gasteiger partial charge >= 0.3 is 6.03 Å². The summed E-state index contributed by atoms with van der Waals surface area (Å²) in [6.45, 7) is 1.77. The third-order valence-corrected chi connectivity index (χ3v) is 5.05. The van der Waals surface area contributed by atoms with Crippen LogP contribution in [0.2, 0.25) is 0 Å². The van der Waals surface area contributed by atoms with E-state index in [0.29, 0.717) is 0 Å². The summed E-state index contributed by atoms with van der Waals surface area (Å²) < 4.78 is 0. The Balaban J connectivity index is 1.48. The molecule has 5 nitrogen and oxygen atoms in total. The van der Waals surface area contributed by atoms with E-state index in [-0.39, 0.29) is 18.0 Å². The minimum Gasteiger partial charge on any atom is -0.374 e. The molecule has 3 N–H and O–H groups in total. The lowest BCUT2D eigenvalue weighted by atomic mass is 9.96. The number of hydrogen-bond donors (Lipinski definition) is 3. The van der Waals surface area contributed by atoms with Crippen molar-refractivity contribution in [1.82, 2.24) is 10.6 Å². The van der Waals surface area contributed by atoms with Crippen molar-refractivity contribution < 1.29 is 9.59 Å². The third kappa shape index (κ3) is 4.28. The van der Waals surface area contributed by atoms with E-state index in [1.54, 1.807) is 6.92 Å². The average Bonchev–Trinajstić information content (AvgIpc) is 3.03. The molecule has 24 heavy (non-hydrogen) atoms. The lowest BCUT2D eigenvalue weighted by Gasteiger charge is -2.23. The van der Waals surface area contributed by atoms with E-state index in [4.69, 9.17) is 0 Å². The number of imide groups is 1. The minimum atomic E-state index is -0.457. The number of hydrogen-bond acceptors (Lipinski definition) is 3. The maximum atomic E-state index is 12.2. The molecule has 0 saturated heterocycles. The van der Waals surface area contributed by atoms with Crippen LogP contribution in [-0.2, 0) is 17.6 Å². The fourth-order valence-electron chi connectivity index (χ4n) is 3.67. The predicted molar refractivity (Wildman–Crippen MR) is 95.1 cm³/mol. The first kappa shape index (κ1) is 16.8. The molecular weight excluding hydrogens is 302 g/mol. The number of amides is 3. The van der Waals surface area contributed by atoms with Gasteiger partial charge in [0.25, 0.3) is 0 Å². The van der Waals surface area contributed by atoms with Gasteiger partial charge in [0, 0.05) is 11.7 Å². The fourth-order valence-corrected chi connectivity index (χ4v) is 3.67. The van der Waals surface area contributed by atoms with Crippen LogP contribution in [-0.4, -0.2) is 24.0 Å². The highest BCUT2D eigenvalue weighted by atomic mass is 16.2. The molecule has 5 heteroatoms. The summed E-state index contributed by atoms with van der Waals surface area (Å²) in [5, 5.41) is 8.54. The van der Waals surface area contributed by atoms with Crippen molar-refractivity contribution in [2.75, 3.05) is 5.32 Å². The van der Waals surface area contributed by atoms with E-state index < -0.39 is 6.04 Å². The van der Waals surface area contributed by atoms with Gasteiger partial charge in [-0.2, -0.15) is 0 Å². The standard InChI is InChI=1S/C19H27N3O2/c1-13(20-17-11-10-14-6-5-7-15(14)12-17)18(23)22-19(24)21-16-8-3-2-4-9-16/h10-13,16,20H,2-9H2,1H3,(H2,21,22,23,24). The lowest BCUT2D eigenvalue weighted by molar-refractivity contribution is -0.120. The molecule has 0 aromatic heterocycles. The molecule has 1 unspecified atom stereocenters. The van der Waals surface area contributed by atoms with E-state index in [9.17, 15) is 9.59 Å². The van der Waals surface area contributed by atoms with Crippen molar-refractivity contribution in [1.29, 1.82) is 0 Å². The van der Waals surface area contributed by atoms with Gasteiger partial charge < -0.3 is 10.6 Å². The Kier molecular flexibility index (Phi) is 5.38. The quantitative estimate of drug-likeness (QED) is 0.795. The van der Waals surface area contributed by atoms with Crippen LogP contribution in [0.1, 0.15) is 56.6 Å². The second-order valence-corrected chi connectivity index (χ2v) is 7.00. The van der Waals surface area contributed by atoms with Crippen LogP contribution in [0.25, 0.3) is 0 Å². The second-order valence-electron chi connectivity index (χ2n) is 7.00. The predicted octanol–water partition coefficient (Wildman–Crippen LogP) is 3.13. The van der Waals surface area contributed by atoms with E-state index in [1.165, 1.54) is 24.0 Å². The van der Waals surface area contributed by atoms with Gasteiger partial charge in [0.15, 0.2) is 0 Å². The van der Waals surface area contributed by atoms with Crippen LogP contribution in [0.4, 0.5) is 10.5 Å². The maximum absolute atomic E-state index is 12.2. The van der Waals surface area contributed by atoms with Gasteiger partial charge in [-0.25, -0.2) is 4.79 Å². The second kappa shape index (κ2) is 7.69. The Labute approximate surface area is 143 Å². The van der Waals surface area contributed by atoms with Gasteiger partial charge in [0.1, 0.15) is 6.04 Å². The van der Waals surface area contributed by atoms with Crippen LogP contribution in [0.5, 0.6) is 0 Å². The zero-order valence-corrected chi connectivity index (χ0v) is 14.4. The molecule has 0 bridgehead atoms. The molecule has 1 fully saturated rings. The molecule has 2 aliphatic carbocycles. The first-order chi connectivity index (χ1) is 11.6. The molecule has 3 rings (SSSR count). The van der Waals surface area contributed by atoms with Gasteiger partial charge in [0.2, 0.25) is 5.91 Å². The monoisotopic (exact) mass is 329 g/mol. The highest BCUT2D eigenvalue weighted by Gasteiger charge is 2.20. The van der Waals surface area contributed by atoms with Gasteiger partial charge in [0.05, 0.1) is 0 Å². The summed E-state index contributed by atoms with van der Waals surface area (Å²) in [6.07, 6.45) is 9.00. The molecule has 1 aromatic carbocycles. The van der Waals surface area contributed by atoms with Crippen LogP contribution >= 0.6 is 0 Å². The van der Waals surface area contributed by atoms with Crippen molar-refractivity contribution in [3.63, 3.8) is 0 Å². The lowest BCUT2D eigenvalue weighted by Crippen LogP contribution is -2.49. The van der Waals surface area contributed by atoms with Crippen LogP contribution < -0.4 is 16.0 Å². The number of anilines is 1. The topological polar surface area (TPSA) is 70.2 Å². The molecule has 130 valence electrons. The van der Waals surface area contributed by atoms with E-state index in [1.807, 2.05) is 6.07 Å². The fraction of sp³-hybridized carbons (Fsp3) is 0.579. The Bertz CT molecular complexity index is 609. The number of fused-ring (bicyclic) bond motifs is 1. The largest absolute Gasteiger partial charge is 0.374 e. The zero-order valence-electron chi connectivity index (χ0n) is 14.4. The molecular formula is C19H27N3O2. The van der Waals surface area contributed by atoms with Gasteiger partial charge in [-0.05, 0) is 62.3 Å². The number of carbonyl (C=O) groups excluding carboxylic acids is 2. The van der Waals surface area contributed by atoms with Crippen LogP contribution in [0.15, 0.2) is 18.2 Å². The Hall–Kier alpha value is -2.04. The molecule has 1 aromatic rings. The first-order valence-corrected chi connectivity index (χ1v) is 9.11. The van der Waals surface area contributed by atoms with Crippen LogP contribution in [0, 0.1) is 0 Å². The number of carbonyl (C=O) groups is 2. The number of nitrogens with one attached hydrogen (secondary N) is 3. The maximum Gasteiger partial charge on any atom is 0.321 e. The van der Waals surface area contributed by atoms with Gasteiger partial charge in [-0.15, -0.1) is 0 Å².